The summed E-state index contributed by atoms with van der Waals surface area (Å²) in [5, 5.41) is 0. The van der Waals surface area contributed by atoms with Crippen molar-refractivity contribution in [3.05, 3.63) is 23.9 Å². The maximum absolute atomic E-state index is 5.83. The molecular formula is C14H23N3O. The minimum atomic E-state index is -0.0558. The number of hydrogen-bond acceptors (Lipinski definition) is 4. The third kappa shape index (κ3) is 2.82. The number of anilines is 1. The van der Waals surface area contributed by atoms with E-state index in [-0.39, 0.29) is 11.6 Å². The number of hydrogen-bond donors (Lipinski definition) is 1. The number of rotatable bonds is 3. The van der Waals surface area contributed by atoms with Gasteiger partial charge >= 0.3 is 0 Å². The Labute approximate surface area is 109 Å². The second-order valence-corrected chi connectivity index (χ2v) is 5.42. The lowest BCUT2D eigenvalue weighted by atomic mass is 9.95. The fourth-order valence-corrected chi connectivity index (χ4v) is 2.42. The van der Waals surface area contributed by atoms with Crippen molar-refractivity contribution in [2.75, 3.05) is 25.1 Å². The molecule has 0 aliphatic carbocycles. The van der Waals surface area contributed by atoms with Crippen LogP contribution < -0.4 is 10.6 Å². The van der Waals surface area contributed by atoms with Crippen molar-refractivity contribution >= 4 is 5.82 Å². The average Bonchev–Trinajstić information content (AvgIpc) is 2.39. The molecule has 4 nitrogen and oxygen atoms in total. The Kier molecular flexibility index (Phi) is 3.88. The molecule has 0 saturated carbocycles. The van der Waals surface area contributed by atoms with E-state index < -0.39 is 0 Å². The lowest BCUT2D eigenvalue weighted by Gasteiger charge is -2.40. The van der Waals surface area contributed by atoms with Gasteiger partial charge in [0, 0.05) is 32.4 Å². The largest absolute Gasteiger partial charge is 0.377 e. The van der Waals surface area contributed by atoms with Gasteiger partial charge in [0.05, 0.1) is 5.60 Å². The van der Waals surface area contributed by atoms with Crippen LogP contribution in [0.25, 0.3) is 0 Å². The number of aromatic nitrogens is 1. The van der Waals surface area contributed by atoms with Gasteiger partial charge in [-0.2, -0.15) is 0 Å². The van der Waals surface area contributed by atoms with Gasteiger partial charge in [-0.15, -0.1) is 0 Å². The summed E-state index contributed by atoms with van der Waals surface area (Å²) < 4.78 is 5.60. The highest BCUT2D eigenvalue weighted by molar-refractivity contribution is 5.41. The number of nitrogens with zero attached hydrogens (tertiary/aromatic N) is 2. The highest BCUT2D eigenvalue weighted by atomic mass is 16.5. The summed E-state index contributed by atoms with van der Waals surface area (Å²) in [5.41, 5.74) is 6.85. The van der Waals surface area contributed by atoms with Crippen molar-refractivity contribution in [1.82, 2.24) is 4.98 Å². The third-order valence-corrected chi connectivity index (χ3v) is 3.77. The molecule has 1 saturated heterocycles. The minimum absolute atomic E-state index is 0.0390. The fourth-order valence-electron chi connectivity index (χ4n) is 2.42. The Morgan fingerprint density at radius 1 is 1.50 bits per heavy atom. The molecule has 2 atom stereocenters. The van der Waals surface area contributed by atoms with E-state index in [2.05, 4.69) is 28.9 Å². The predicted octanol–water partition coefficient (Wildman–Crippen LogP) is 2.11. The molecule has 1 aromatic heterocycles. The highest BCUT2D eigenvalue weighted by Gasteiger charge is 2.31. The van der Waals surface area contributed by atoms with E-state index in [4.69, 9.17) is 10.5 Å². The van der Waals surface area contributed by atoms with Crippen molar-refractivity contribution in [2.24, 2.45) is 5.73 Å². The molecule has 1 fully saturated rings. The zero-order valence-corrected chi connectivity index (χ0v) is 11.5. The van der Waals surface area contributed by atoms with Gasteiger partial charge in [-0.25, -0.2) is 4.98 Å². The van der Waals surface area contributed by atoms with Gasteiger partial charge in [-0.05, 0) is 38.3 Å². The summed E-state index contributed by atoms with van der Waals surface area (Å²) in [7, 11) is 1.79. The number of piperidine rings is 1. The molecule has 2 N–H and O–H groups in total. The summed E-state index contributed by atoms with van der Waals surface area (Å²) in [6, 6.07) is 4.16. The van der Waals surface area contributed by atoms with Gasteiger partial charge in [0.25, 0.3) is 0 Å². The summed E-state index contributed by atoms with van der Waals surface area (Å²) in [4.78, 5) is 6.80. The van der Waals surface area contributed by atoms with Crippen LogP contribution in [0.5, 0.6) is 0 Å². The molecule has 100 valence electrons. The lowest BCUT2D eigenvalue weighted by molar-refractivity contribution is -0.00481. The van der Waals surface area contributed by atoms with E-state index in [0.717, 1.165) is 37.3 Å². The normalized spacial score (nSPS) is 26.1. The van der Waals surface area contributed by atoms with Crippen LogP contribution in [0.4, 0.5) is 5.82 Å². The van der Waals surface area contributed by atoms with Gasteiger partial charge in [0.1, 0.15) is 5.82 Å². The highest BCUT2D eigenvalue weighted by Crippen LogP contribution is 2.27. The summed E-state index contributed by atoms with van der Waals surface area (Å²) in [6.07, 6.45) is 4.12. The second kappa shape index (κ2) is 5.24. The van der Waals surface area contributed by atoms with E-state index >= 15 is 0 Å². The minimum Gasteiger partial charge on any atom is -0.377 e. The molecule has 0 amide bonds. The topological polar surface area (TPSA) is 51.4 Å². The lowest BCUT2D eigenvalue weighted by Crippen LogP contribution is -2.47. The molecular weight excluding hydrogens is 226 g/mol. The Balaban J connectivity index is 2.11. The van der Waals surface area contributed by atoms with E-state index in [0.29, 0.717) is 0 Å². The second-order valence-electron chi connectivity index (χ2n) is 5.42. The molecule has 0 bridgehead atoms. The number of ether oxygens (including phenoxy) is 1. The molecule has 0 radical (unpaired) electrons. The third-order valence-electron chi connectivity index (χ3n) is 3.77. The number of nitrogens with two attached hydrogens (primary N) is 1. The first-order chi connectivity index (χ1) is 8.54. The molecule has 1 aromatic rings. The molecule has 1 unspecified atom stereocenters. The maximum atomic E-state index is 5.83. The fraction of sp³-hybridized carbons (Fsp3) is 0.643. The Morgan fingerprint density at radius 2 is 2.28 bits per heavy atom. The molecule has 2 rings (SSSR count). The SMILES string of the molecule is COC1(C)CCCN(c2ccc([C@H](C)N)cn2)C1. The van der Waals surface area contributed by atoms with Crippen LogP contribution in [0.15, 0.2) is 18.3 Å². The summed E-state index contributed by atoms with van der Waals surface area (Å²) in [6.45, 7) is 6.08. The van der Waals surface area contributed by atoms with Crippen LogP contribution >= 0.6 is 0 Å². The van der Waals surface area contributed by atoms with Crippen LogP contribution in [0.1, 0.15) is 38.3 Å². The Morgan fingerprint density at radius 3 is 2.83 bits per heavy atom. The standard InChI is InChI=1S/C14H23N3O/c1-11(15)12-5-6-13(16-9-12)17-8-4-7-14(2,10-17)18-3/h5-6,9,11H,4,7-8,10,15H2,1-3H3/t11-,14?/m0/s1. The van der Waals surface area contributed by atoms with Crippen LogP contribution in [-0.2, 0) is 4.74 Å². The first-order valence-electron chi connectivity index (χ1n) is 6.56. The molecule has 18 heavy (non-hydrogen) atoms. The molecule has 2 heterocycles. The predicted molar refractivity (Wildman–Crippen MR) is 73.7 cm³/mol. The molecule has 4 heteroatoms. The van der Waals surface area contributed by atoms with Crippen LogP contribution in [0.3, 0.4) is 0 Å². The van der Waals surface area contributed by atoms with Gasteiger partial charge in [0.2, 0.25) is 0 Å². The first kappa shape index (κ1) is 13.3. The maximum Gasteiger partial charge on any atom is 0.128 e. The Bertz CT molecular complexity index is 391. The quantitative estimate of drug-likeness (QED) is 0.891. The smallest absolute Gasteiger partial charge is 0.128 e. The van der Waals surface area contributed by atoms with E-state index in [9.17, 15) is 0 Å². The van der Waals surface area contributed by atoms with Crippen molar-refractivity contribution < 1.29 is 4.74 Å². The van der Waals surface area contributed by atoms with Crippen molar-refractivity contribution in [2.45, 2.75) is 38.3 Å². The number of pyridine rings is 1. The molecule has 1 aliphatic heterocycles. The zero-order chi connectivity index (χ0) is 13.2. The Hall–Kier alpha value is -1.13. The van der Waals surface area contributed by atoms with Crippen LogP contribution in [0.2, 0.25) is 0 Å². The van der Waals surface area contributed by atoms with Gasteiger partial charge in [-0.3, -0.25) is 0 Å². The van der Waals surface area contributed by atoms with Gasteiger partial charge < -0.3 is 15.4 Å². The zero-order valence-electron chi connectivity index (χ0n) is 11.5. The van der Waals surface area contributed by atoms with Crippen molar-refractivity contribution in [1.29, 1.82) is 0 Å². The molecule has 1 aliphatic rings. The summed E-state index contributed by atoms with van der Waals surface area (Å²) in [5.74, 6) is 1.02. The molecule has 0 spiro atoms. The van der Waals surface area contributed by atoms with E-state index in [1.54, 1.807) is 7.11 Å². The van der Waals surface area contributed by atoms with Gasteiger partial charge in [0.15, 0.2) is 0 Å². The number of methoxy groups -OCH3 is 1. The summed E-state index contributed by atoms with van der Waals surface area (Å²) >= 11 is 0. The van der Waals surface area contributed by atoms with E-state index in [1.165, 1.54) is 0 Å². The van der Waals surface area contributed by atoms with Crippen LogP contribution in [0, 0.1) is 0 Å². The van der Waals surface area contributed by atoms with E-state index in [1.807, 2.05) is 13.1 Å². The van der Waals surface area contributed by atoms with Gasteiger partial charge in [-0.1, -0.05) is 6.07 Å². The molecule has 0 aromatic carbocycles. The monoisotopic (exact) mass is 249 g/mol. The first-order valence-corrected chi connectivity index (χ1v) is 6.56. The van der Waals surface area contributed by atoms with Crippen molar-refractivity contribution in [3.8, 4) is 0 Å². The average molecular weight is 249 g/mol. The van der Waals surface area contributed by atoms with Crippen LogP contribution in [-0.4, -0.2) is 30.8 Å². The van der Waals surface area contributed by atoms with Crippen molar-refractivity contribution in [3.63, 3.8) is 0 Å².